The average Bonchev–Trinajstić information content (AvgIpc) is 3.37. The van der Waals surface area contributed by atoms with Crippen LogP contribution < -0.4 is 10.2 Å². The molecule has 0 saturated heterocycles. The Kier molecular flexibility index (Phi) is 4.24. The second kappa shape index (κ2) is 6.84. The van der Waals surface area contributed by atoms with Crippen LogP contribution in [0, 0.1) is 0 Å². The number of nitrogens with one attached hydrogen (secondary N) is 1. The van der Waals surface area contributed by atoms with Crippen LogP contribution in [0.2, 0.25) is 0 Å². The Morgan fingerprint density at radius 1 is 1.20 bits per heavy atom. The lowest BCUT2D eigenvalue weighted by molar-refractivity contribution is 0.0925. The Bertz CT molecular complexity index is 854. The van der Waals surface area contributed by atoms with Gasteiger partial charge in [-0.25, -0.2) is 0 Å². The molecule has 128 valence electrons. The van der Waals surface area contributed by atoms with Crippen LogP contribution >= 0.6 is 0 Å². The number of hydrogen-bond acceptors (Lipinski definition) is 4. The van der Waals surface area contributed by atoms with Gasteiger partial charge < -0.3 is 14.6 Å². The lowest BCUT2D eigenvalue weighted by Crippen LogP contribution is -2.34. The van der Waals surface area contributed by atoms with Gasteiger partial charge in [-0.05, 0) is 36.2 Å². The number of rotatable bonds is 6. The van der Waals surface area contributed by atoms with Crippen molar-refractivity contribution < 1.29 is 9.21 Å². The quantitative estimate of drug-likeness (QED) is 0.750. The molecule has 1 N–H and O–H groups in total. The molecule has 0 saturated carbocycles. The number of aromatic nitrogens is 2. The van der Waals surface area contributed by atoms with Crippen molar-refractivity contribution >= 4 is 11.6 Å². The van der Waals surface area contributed by atoms with Gasteiger partial charge in [0.1, 0.15) is 5.76 Å². The monoisotopic (exact) mass is 336 g/mol. The van der Waals surface area contributed by atoms with Crippen molar-refractivity contribution in [2.75, 3.05) is 24.5 Å². The van der Waals surface area contributed by atoms with E-state index in [2.05, 4.69) is 39.6 Å². The highest BCUT2D eigenvalue weighted by atomic mass is 16.4. The van der Waals surface area contributed by atoms with Gasteiger partial charge in [0.05, 0.1) is 6.54 Å². The molecule has 1 amide bonds. The smallest absolute Gasteiger partial charge is 0.287 e. The summed E-state index contributed by atoms with van der Waals surface area (Å²) in [6.45, 7) is 2.90. The van der Waals surface area contributed by atoms with Crippen molar-refractivity contribution in [2.24, 2.45) is 0 Å². The summed E-state index contributed by atoms with van der Waals surface area (Å²) in [6.07, 6.45) is 4.64. The zero-order valence-electron chi connectivity index (χ0n) is 13.9. The molecule has 4 rings (SSSR count). The number of para-hydroxylation sites is 1. The van der Waals surface area contributed by atoms with E-state index in [4.69, 9.17) is 4.42 Å². The van der Waals surface area contributed by atoms with Crippen LogP contribution in [0.1, 0.15) is 21.9 Å². The molecule has 0 radical (unpaired) electrons. The maximum absolute atomic E-state index is 12.2. The molecule has 0 fully saturated rings. The van der Waals surface area contributed by atoms with Crippen molar-refractivity contribution in [2.45, 2.75) is 13.0 Å². The first-order chi connectivity index (χ1) is 12.3. The van der Waals surface area contributed by atoms with E-state index in [1.54, 1.807) is 16.9 Å². The van der Waals surface area contributed by atoms with Crippen molar-refractivity contribution in [3.63, 3.8) is 0 Å². The minimum Gasteiger partial charge on any atom is -0.454 e. The first-order valence-corrected chi connectivity index (χ1v) is 8.47. The summed E-state index contributed by atoms with van der Waals surface area (Å²) in [5.41, 5.74) is 2.65. The van der Waals surface area contributed by atoms with Crippen molar-refractivity contribution in [3.05, 3.63) is 71.9 Å². The third-order valence-corrected chi connectivity index (χ3v) is 4.41. The Morgan fingerprint density at radius 3 is 3.00 bits per heavy atom. The van der Waals surface area contributed by atoms with Crippen molar-refractivity contribution in [1.82, 2.24) is 15.1 Å². The van der Waals surface area contributed by atoms with Gasteiger partial charge in [-0.3, -0.25) is 9.48 Å². The number of amides is 1. The predicted molar refractivity (Wildman–Crippen MR) is 94.7 cm³/mol. The summed E-state index contributed by atoms with van der Waals surface area (Å²) >= 11 is 0. The van der Waals surface area contributed by atoms with Gasteiger partial charge in [0.25, 0.3) is 5.91 Å². The minimum atomic E-state index is -0.181. The maximum atomic E-state index is 12.2. The molecule has 1 aliphatic heterocycles. The van der Waals surface area contributed by atoms with Gasteiger partial charge in [0, 0.05) is 37.7 Å². The molecule has 2 aromatic heterocycles. The van der Waals surface area contributed by atoms with E-state index < -0.39 is 0 Å². The van der Waals surface area contributed by atoms with Crippen LogP contribution in [0.15, 0.2) is 59.3 Å². The van der Waals surface area contributed by atoms with Gasteiger partial charge in [0.15, 0.2) is 5.76 Å². The van der Waals surface area contributed by atoms with Crippen LogP contribution in [0.25, 0.3) is 0 Å². The number of anilines is 1. The molecular formula is C19H20N4O2. The van der Waals surface area contributed by atoms with Crippen LogP contribution in [0.4, 0.5) is 5.69 Å². The zero-order chi connectivity index (χ0) is 17.1. The van der Waals surface area contributed by atoms with Gasteiger partial charge in [-0.2, -0.15) is 5.10 Å². The van der Waals surface area contributed by atoms with Crippen LogP contribution in [0.3, 0.4) is 0 Å². The number of nitrogens with zero attached hydrogens (tertiary/aromatic N) is 3. The lowest BCUT2D eigenvalue weighted by atomic mass is 10.2. The molecule has 0 bridgehead atoms. The highest BCUT2D eigenvalue weighted by Gasteiger charge is 2.18. The molecule has 6 heteroatoms. The molecular weight excluding hydrogens is 316 g/mol. The van der Waals surface area contributed by atoms with E-state index in [1.807, 2.05) is 18.3 Å². The number of furan rings is 1. The molecule has 6 nitrogen and oxygen atoms in total. The van der Waals surface area contributed by atoms with Gasteiger partial charge in [-0.1, -0.05) is 18.2 Å². The van der Waals surface area contributed by atoms with E-state index in [0.29, 0.717) is 24.6 Å². The topological polar surface area (TPSA) is 63.3 Å². The first kappa shape index (κ1) is 15.5. The fourth-order valence-corrected chi connectivity index (χ4v) is 3.17. The summed E-state index contributed by atoms with van der Waals surface area (Å²) in [7, 11) is 0. The Balaban J connectivity index is 1.29. The minimum absolute atomic E-state index is 0.181. The summed E-state index contributed by atoms with van der Waals surface area (Å²) < 4.78 is 7.37. The standard InChI is InChI=1S/C19H20N4O2/c24-19(18-7-6-16(25-18)14-23-11-3-9-21-23)20-10-13-22-12-8-15-4-1-2-5-17(15)22/h1-7,9,11H,8,10,12-14H2,(H,20,24). The zero-order valence-corrected chi connectivity index (χ0v) is 13.9. The van der Waals surface area contributed by atoms with Crippen LogP contribution in [-0.4, -0.2) is 35.3 Å². The molecule has 3 aromatic rings. The van der Waals surface area contributed by atoms with Gasteiger partial charge in [-0.15, -0.1) is 0 Å². The van der Waals surface area contributed by atoms with Gasteiger partial charge in [0.2, 0.25) is 0 Å². The summed E-state index contributed by atoms with van der Waals surface area (Å²) in [5.74, 6) is 0.866. The molecule has 1 aromatic carbocycles. The van der Waals surface area contributed by atoms with E-state index in [-0.39, 0.29) is 5.91 Å². The SMILES string of the molecule is O=C(NCCN1CCc2ccccc21)c1ccc(Cn2cccn2)o1. The highest BCUT2D eigenvalue weighted by molar-refractivity contribution is 5.91. The van der Waals surface area contributed by atoms with E-state index >= 15 is 0 Å². The second-order valence-corrected chi connectivity index (χ2v) is 6.09. The van der Waals surface area contributed by atoms with Gasteiger partial charge >= 0.3 is 0 Å². The average molecular weight is 336 g/mol. The largest absolute Gasteiger partial charge is 0.454 e. The summed E-state index contributed by atoms with van der Waals surface area (Å²) in [4.78, 5) is 14.5. The summed E-state index contributed by atoms with van der Waals surface area (Å²) in [6, 6.07) is 13.8. The van der Waals surface area contributed by atoms with Crippen LogP contribution in [0.5, 0.6) is 0 Å². The van der Waals surface area contributed by atoms with Crippen molar-refractivity contribution in [1.29, 1.82) is 0 Å². The van der Waals surface area contributed by atoms with E-state index in [9.17, 15) is 4.79 Å². The summed E-state index contributed by atoms with van der Waals surface area (Å²) in [5, 5.41) is 7.06. The first-order valence-electron chi connectivity index (χ1n) is 8.47. The third-order valence-electron chi connectivity index (χ3n) is 4.41. The molecule has 0 spiro atoms. The molecule has 25 heavy (non-hydrogen) atoms. The van der Waals surface area contributed by atoms with Crippen LogP contribution in [-0.2, 0) is 13.0 Å². The fourth-order valence-electron chi connectivity index (χ4n) is 3.17. The Labute approximate surface area is 146 Å². The number of carbonyl (C=O) groups excluding carboxylic acids is 1. The number of fused-ring (bicyclic) bond motifs is 1. The van der Waals surface area contributed by atoms with E-state index in [0.717, 1.165) is 19.5 Å². The number of hydrogen-bond donors (Lipinski definition) is 1. The highest BCUT2D eigenvalue weighted by Crippen LogP contribution is 2.26. The molecule has 0 atom stereocenters. The third kappa shape index (κ3) is 3.42. The Morgan fingerprint density at radius 2 is 2.12 bits per heavy atom. The molecule has 0 unspecified atom stereocenters. The normalized spacial score (nSPS) is 13.0. The second-order valence-electron chi connectivity index (χ2n) is 6.09. The Hall–Kier alpha value is -3.02. The number of carbonyl (C=O) groups is 1. The fraction of sp³-hybridized carbons (Fsp3) is 0.263. The number of benzene rings is 1. The molecule has 0 aliphatic carbocycles. The predicted octanol–water partition coefficient (Wildman–Crippen LogP) is 2.32. The maximum Gasteiger partial charge on any atom is 0.287 e. The van der Waals surface area contributed by atoms with E-state index in [1.165, 1.54) is 11.3 Å². The molecule has 1 aliphatic rings. The lowest BCUT2D eigenvalue weighted by Gasteiger charge is -2.19. The molecule has 3 heterocycles. The van der Waals surface area contributed by atoms with Crippen molar-refractivity contribution in [3.8, 4) is 0 Å².